The second-order valence-corrected chi connectivity index (χ2v) is 5.28. The zero-order valence-electron chi connectivity index (χ0n) is 11.1. The Morgan fingerprint density at radius 1 is 1.45 bits per heavy atom. The van der Waals surface area contributed by atoms with Crippen molar-refractivity contribution in [3.63, 3.8) is 0 Å². The molecule has 0 saturated carbocycles. The number of halogens is 1. The number of benzene rings is 1. The maximum absolute atomic E-state index is 12.5. The summed E-state index contributed by atoms with van der Waals surface area (Å²) in [5, 5.41) is 11.0. The summed E-state index contributed by atoms with van der Waals surface area (Å²) >= 11 is 5.70. The van der Waals surface area contributed by atoms with Crippen molar-refractivity contribution in [2.24, 2.45) is 0 Å². The zero-order chi connectivity index (χ0) is 14.5. The number of nitro benzene ring substituents is 1. The van der Waals surface area contributed by atoms with Crippen LogP contribution >= 0.6 is 11.6 Å². The van der Waals surface area contributed by atoms with Crippen LogP contribution in [0.15, 0.2) is 24.3 Å². The Balaban J connectivity index is 2.20. The molecule has 0 aliphatic carbocycles. The van der Waals surface area contributed by atoms with E-state index in [1.54, 1.807) is 17.0 Å². The van der Waals surface area contributed by atoms with Crippen LogP contribution in [0, 0.1) is 10.1 Å². The standard InChI is InChI=1S/C14H17ClN2O3/c15-9-3-5-11-6-4-10-16(11)14(18)12-7-1-2-8-13(12)17(19)20/h1-2,7-8,11H,3-6,9-10H2. The average molecular weight is 297 g/mol. The van der Waals surface area contributed by atoms with Crippen LogP contribution in [0.25, 0.3) is 0 Å². The summed E-state index contributed by atoms with van der Waals surface area (Å²) in [5.41, 5.74) is 0.0516. The molecule has 1 aromatic rings. The van der Waals surface area contributed by atoms with E-state index in [1.807, 2.05) is 0 Å². The molecule has 1 unspecified atom stereocenters. The van der Waals surface area contributed by atoms with Gasteiger partial charge in [-0.05, 0) is 31.7 Å². The van der Waals surface area contributed by atoms with Gasteiger partial charge in [-0.15, -0.1) is 11.6 Å². The van der Waals surface area contributed by atoms with E-state index in [4.69, 9.17) is 11.6 Å². The lowest BCUT2D eigenvalue weighted by molar-refractivity contribution is -0.385. The van der Waals surface area contributed by atoms with Crippen LogP contribution in [0.1, 0.15) is 36.0 Å². The van der Waals surface area contributed by atoms with Crippen molar-refractivity contribution in [1.29, 1.82) is 0 Å². The van der Waals surface area contributed by atoms with Gasteiger partial charge in [0.2, 0.25) is 0 Å². The highest BCUT2D eigenvalue weighted by Gasteiger charge is 2.32. The predicted octanol–water partition coefficient (Wildman–Crippen LogP) is 3.22. The Morgan fingerprint density at radius 2 is 2.20 bits per heavy atom. The Kier molecular flexibility index (Phi) is 4.95. The molecule has 108 valence electrons. The van der Waals surface area contributed by atoms with Crippen LogP contribution in [0.5, 0.6) is 0 Å². The van der Waals surface area contributed by atoms with Gasteiger partial charge in [-0.3, -0.25) is 14.9 Å². The molecule has 0 bridgehead atoms. The SMILES string of the molecule is O=C(c1ccccc1[N+](=O)[O-])N1CCCC1CCCCl. The van der Waals surface area contributed by atoms with E-state index in [2.05, 4.69) is 0 Å². The van der Waals surface area contributed by atoms with Crippen LogP contribution in [0.2, 0.25) is 0 Å². The number of para-hydroxylation sites is 1. The van der Waals surface area contributed by atoms with Crippen LogP contribution in [-0.4, -0.2) is 34.2 Å². The molecular formula is C14H17ClN2O3. The quantitative estimate of drug-likeness (QED) is 0.476. The third-order valence-corrected chi connectivity index (χ3v) is 3.91. The maximum atomic E-state index is 12.5. The lowest BCUT2D eigenvalue weighted by Gasteiger charge is -2.24. The number of nitro groups is 1. The number of rotatable bonds is 5. The van der Waals surface area contributed by atoms with Gasteiger partial charge in [0.05, 0.1) is 4.92 Å². The molecule has 0 N–H and O–H groups in total. The first kappa shape index (κ1) is 14.8. The lowest BCUT2D eigenvalue weighted by Crippen LogP contribution is -2.35. The molecule has 1 fully saturated rings. The van der Waals surface area contributed by atoms with E-state index in [0.717, 1.165) is 25.7 Å². The van der Waals surface area contributed by atoms with Crippen molar-refractivity contribution in [3.8, 4) is 0 Å². The second-order valence-electron chi connectivity index (χ2n) is 4.90. The number of alkyl halides is 1. The number of nitrogens with zero attached hydrogens (tertiary/aromatic N) is 2. The first-order chi connectivity index (χ1) is 9.65. The second kappa shape index (κ2) is 6.70. The first-order valence-corrected chi connectivity index (χ1v) is 7.29. The van der Waals surface area contributed by atoms with Gasteiger partial charge >= 0.3 is 0 Å². The average Bonchev–Trinajstić information content (AvgIpc) is 2.92. The summed E-state index contributed by atoms with van der Waals surface area (Å²) in [6.07, 6.45) is 3.60. The number of amides is 1. The van der Waals surface area contributed by atoms with E-state index in [9.17, 15) is 14.9 Å². The number of hydrogen-bond acceptors (Lipinski definition) is 3. The van der Waals surface area contributed by atoms with Gasteiger partial charge in [0.1, 0.15) is 5.56 Å². The summed E-state index contributed by atoms with van der Waals surface area (Å²) in [6.45, 7) is 0.665. The van der Waals surface area contributed by atoms with E-state index < -0.39 is 4.92 Å². The van der Waals surface area contributed by atoms with Crippen LogP contribution in [-0.2, 0) is 0 Å². The van der Waals surface area contributed by atoms with E-state index in [1.165, 1.54) is 12.1 Å². The molecule has 0 radical (unpaired) electrons. The van der Waals surface area contributed by atoms with Crippen molar-refractivity contribution in [3.05, 3.63) is 39.9 Å². The fourth-order valence-electron chi connectivity index (χ4n) is 2.68. The minimum Gasteiger partial charge on any atom is -0.335 e. The van der Waals surface area contributed by atoms with Crippen LogP contribution in [0.3, 0.4) is 0 Å². The molecule has 5 nitrogen and oxygen atoms in total. The fraction of sp³-hybridized carbons (Fsp3) is 0.500. The number of likely N-dealkylation sites (tertiary alicyclic amines) is 1. The molecule has 1 aliphatic heterocycles. The molecule has 1 saturated heterocycles. The predicted molar refractivity (Wildman–Crippen MR) is 77.1 cm³/mol. The van der Waals surface area contributed by atoms with Crippen molar-refractivity contribution in [2.45, 2.75) is 31.7 Å². The Morgan fingerprint density at radius 3 is 2.90 bits per heavy atom. The van der Waals surface area contributed by atoms with E-state index in [0.29, 0.717) is 12.4 Å². The van der Waals surface area contributed by atoms with Gasteiger partial charge in [0.15, 0.2) is 0 Å². The minimum absolute atomic E-state index is 0.125. The highest BCUT2D eigenvalue weighted by atomic mass is 35.5. The summed E-state index contributed by atoms with van der Waals surface area (Å²) in [6, 6.07) is 6.28. The molecule has 0 aromatic heterocycles. The van der Waals surface area contributed by atoms with Crippen LogP contribution in [0.4, 0.5) is 5.69 Å². The summed E-state index contributed by atoms with van der Waals surface area (Å²) < 4.78 is 0. The normalized spacial score (nSPS) is 18.2. The van der Waals surface area contributed by atoms with Crippen molar-refractivity contribution >= 4 is 23.2 Å². The Hall–Kier alpha value is -1.62. The largest absolute Gasteiger partial charge is 0.335 e. The van der Waals surface area contributed by atoms with Gasteiger partial charge in [0.25, 0.3) is 11.6 Å². The molecule has 1 amide bonds. The van der Waals surface area contributed by atoms with Gasteiger partial charge in [-0.1, -0.05) is 12.1 Å². The van der Waals surface area contributed by atoms with Gasteiger partial charge in [-0.2, -0.15) is 0 Å². The van der Waals surface area contributed by atoms with Crippen molar-refractivity contribution < 1.29 is 9.72 Å². The third kappa shape index (κ3) is 3.10. The molecule has 20 heavy (non-hydrogen) atoms. The number of carbonyl (C=O) groups is 1. The third-order valence-electron chi connectivity index (χ3n) is 3.64. The molecule has 1 aromatic carbocycles. The molecule has 1 atom stereocenters. The highest BCUT2D eigenvalue weighted by molar-refractivity contribution is 6.17. The van der Waals surface area contributed by atoms with Gasteiger partial charge in [-0.25, -0.2) is 0 Å². The van der Waals surface area contributed by atoms with Gasteiger partial charge in [0, 0.05) is 24.5 Å². The zero-order valence-corrected chi connectivity index (χ0v) is 11.9. The topological polar surface area (TPSA) is 63.4 Å². The van der Waals surface area contributed by atoms with Crippen molar-refractivity contribution in [2.75, 3.05) is 12.4 Å². The lowest BCUT2D eigenvalue weighted by atomic mass is 10.1. The fourth-order valence-corrected chi connectivity index (χ4v) is 2.84. The molecule has 1 aliphatic rings. The molecule has 1 heterocycles. The Labute approximate surface area is 122 Å². The van der Waals surface area contributed by atoms with E-state index >= 15 is 0 Å². The van der Waals surface area contributed by atoms with Crippen LogP contribution < -0.4 is 0 Å². The summed E-state index contributed by atoms with van der Waals surface area (Å²) in [4.78, 5) is 24.8. The molecule has 0 spiro atoms. The van der Waals surface area contributed by atoms with Gasteiger partial charge < -0.3 is 4.90 Å². The maximum Gasteiger partial charge on any atom is 0.282 e. The molecule has 6 heteroatoms. The van der Waals surface area contributed by atoms with E-state index in [-0.39, 0.29) is 23.2 Å². The monoisotopic (exact) mass is 296 g/mol. The Bertz CT molecular complexity index is 507. The summed E-state index contributed by atoms with van der Waals surface area (Å²) in [7, 11) is 0. The summed E-state index contributed by atoms with van der Waals surface area (Å²) in [5.74, 6) is 0.332. The number of hydrogen-bond donors (Lipinski definition) is 0. The highest BCUT2D eigenvalue weighted by Crippen LogP contribution is 2.27. The molecule has 2 rings (SSSR count). The smallest absolute Gasteiger partial charge is 0.282 e. The van der Waals surface area contributed by atoms with Crippen molar-refractivity contribution in [1.82, 2.24) is 4.90 Å². The first-order valence-electron chi connectivity index (χ1n) is 6.75. The number of carbonyl (C=O) groups excluding carboxylic acids is 1. The minimum atomic E-state index is -0.503. The molecular weight excluding hydrogens is 280 g/mol.